The van der Waals surface area contributed by atoms with Gasteiger partial charge < -0.3 is 4.52 Å². The second-order valence-electron chi connectivity index (χ2n) is 6.08. The Balaban J connectivity index is 1.49. The van der Waals surface area contributed by atoms with E-state index < -0.39 is 9.85 Å². The number of nitro groups is 2. The molecule has 29 heavy (non-hydrogen) atoms. The molecule has 0 radical (unpaired) electrons. The molecule has 0 amide bonds. The molecule has 0 saturated heterocycles. The topological polar surface area (TPSA) is 143 Å². The largest absolute Gasteiger partial charge is 0.334 e. The van der Waals surface area contributed by atoms with Gasteiger partial charge in [0.2, 0.25) is 5.82 Å². The molecule has 0 aliphatic heterocycles. The lowest BCUT2D eigenvalue weighted by molar-refractivity contribution is -0.385. The third kappa shape index (κ3) is 3.83. The third-order valence-electron chi connectivity index (χ3n) is 4.14. The van der Waals surface area contributed by atoms with Crippen LogP contribution in [0.3, 0.4) is 0 Å². The Morgan fingerprint density at radius 1 is 0.897 bits per heavy atom. The number of nitrogens with zero attached hydrogens (tertiary/aromatic N) is 6. The second kappa shape index (κ2) is 7.31. The minimum absolute atomic E-state index is 0.0180. The molecule has 2 aromatic heterocycles. The molecule has 0 aliphatic rings. The average Bonchev–Trinajstić information content (AvgIpc) is 3.39. The Hall–Kier alpha value is -4.41. The normalized spacial score (nSPS) is 10.8. The molecule has 0 atom stereocenters. The van der Waals surface area contributed by atoms with Crippen LogP contribution in [0.25, 0.3) is 22.8 Å². The predicted molar refractivity (Wildman–Crippen MR) is 99.8 cm³/mol. The molecular formula is C18H12N6O5. The van der Waals surface area contributed by atoms with E-state index in [1.54, 1.807) is 24.3 Å². The zero-order valence-corrected chi connectivity index (χ0v) is 14.7. The molecule has 144 valence electrons. The van der Waals surface area contributed by atoms with Crippen molar-refractivity contribution in [1.29, 1.82) is 0 Å². The van der Waals surface area contributed by atoms with Gasteiger partial charge >= 0.3 is 5.69 Å². The lowest BCUT2D eigenvalue weighted by Gasteiger charge is -2.02. The number of hydrogen-bond donors (Lipinski definition) is 0. The molecule has 2 aromatic carbocycles. The molecule has 0 aliphatic carbocycles. The van der Waals surface area contributed by atoms with Gasteiger partial charge in [0.05, 0.1) is 16.4 Å². The van der Waals surface area contributed by atoms with Gasteiger partial charge in [-0.1, -0.05) is 17.3 Å². The maximum Gasteiger partial charge on any atom is 0.307 e. The zero-order chi connectivity index (χ0) is 20.4. The van der Waals surface area contributed by atoms with Crippen LogP contribution >= 0.6 is 0 Å². The highest BCUT2D eigenvalue weighted by Gasteiger charge is 2.13. The minimum atomic E-state index is -0.495. The highest BCUT2D eigenvalue weighted by molar-refractivity contribution is 5.61. The van der Waals surface area contributed by atoms with Crippen molar-refractivity contribution in [1.82, 2.24) is 19.9 Å². The van der Waals surface area contributed by atoms with E-state index in [0.29, 0.717) is 29.4 Å². The molecule has 4 rings (SSSR count). The third-order valence-corrected chi connectivity index (χ3v) is 4.14. The summed E-state index contributed by atoms with van der Waals surface area (Å²) in [6, 6.07) is 13.1. The van der Waals surface area contributed by atoms with Gasteiger partial charge in [-0.05, 0) is 29.8 Å². The van der Waals surface area contributed by atoms with E-state index >= 15 is 0 Å². The summed E-state index contributed by atoms with van der Waals surface area (Å²) in [7, 11) is 0. The first-order valence-electron chi connectivity index (χ1n) is 8.34. The van der Waals surface area contributed by atoms with Crippen molar-refractivity contribution in [2.24, 2.45) is 0 Å². The lowest BCUT2D eigenvalue weighted by atomic mass is 10.1. The molecule has 0 spiro atoms. The molecule has 0 bridgehead atoms. The first-order valence-corrected chi connectivity index (χ1v) is 8.34. The van der Waals surface area contributed by atoms with Gasteiger partial charge in [0.1, 0.15) is 12.4 Å². The van der Waals surface area contributed by atoms with Crippen LogP contribution in [-0.2, 0) is 6.54 Å². The van der Waals surface area contributed by atoms with Gasteiger partial charge in [0.25, 0.3) is 11.6 Å². The summed E-state index contributed by atoms with van der Waals surface area (Å²) in [5, 5.41) is 29.3. The number of nitro benzene ring substituents is 1. The number of aromatic nitrogens is 4. The van der Waals surface area contributed by atoms with E-state index in [4.69, 9.17) is 4.52 Å². The highest BCUT2D eigenvalue weighted by atomic mass is 16.6. The summed E-state index contributed by atoms with van der Waals surface area (Å²) in [5.74, 6) is 0.627. The monoisotopic (exact) mass is 392 g/mol. The Kier molecular flexibility index (Phi) is 4.53. The Morgan fingerprint density at radius 3 is 2.17 bits per heavy atom. The number of non-ortho nitro benzene ring substituents is 1. The maximum absolute atomic E-state index is 10.7. The van der Waals surface area contributed by atoms with Crippen LogP contribution in [0.4, 0.5) is 11.4 Å². The van der Waals surface area contributed by atoms with Gasteiger partial charge in [-0.2, -0.15) is 10.1 Å². The van der Waals surface area contributed by atoms with Gasteiger partial charge in [-0.15, -0.1) is 0 Å². The lowest BCUT2D eigenvalue weighted by Crippen LogP contribution is -1.99. The smallest absolute Gasteiger partial charge is 0.307 e. The van der Waals surface area contributed by atoms with E-state index in [1.807, 2.05) is 12.1 Å². The molecule has 0 unspecified atom stereocenters. The van der Waals surface area contributed by atoms with Crippen LogP contribution in [-0.4, -0.2) is 29.8 Å². The quantitative estimate of drug-likeness (QED) is 0.358. The molecule has 0 fully saturated rings. The summed E-state index contributed by atoms with van der Waals surface area (Å²) in [5.41, 5.74) is 2.10. The van der Waals surface area contributed by atoms with Gasteiger partial charge in [0.15, 0.2) is 0 Å². The van der Waals surface area contributed by atoms with Crippen molar-refractivity contribution >= 4 is 11.4 Å². The molecule has 11 nitrogen and oxygen atoms in total. The fourth-order valence-corrected chi connectivity index (χ4v) is 2.66. The van der Waals surface area contributed by atoms with Crippen LogP contribution in [0, 0.1) is 20.2 Å². The first-order chi connectivity index (χ1) is 14.0. The Morgan fingerprint density at radius 2 is 1.55 bits per heavy atom. The molecular weight excluding hydrogens is 380 g/mol. The standard InChI is InChI=1S/C18H12N6O5/c25-23(26)15-7-5-13(6-8-15)17-20-18(29-21-17)14-3-1-12(2-4-14)10-22-11-16(9-19-22)24(27)28/h1-9,11H,10H2. The van der Waals surface area contributed by atoms with Crippen LogP contribution in [0.5, 0.6) is 0 Å². The average molecular weight is 392 g/mol. The second-order valence-corrected chi connectivity index (χ2v) is 6.08. The number of benzene rings is 2. The van der Waals surface area contributed by atoms with Crippen molar-refractivity contribution in [3.63, 3.8) is 0 Å². The number of rotatable bonds is 6. The molecule has 0 saturated carbocycles. The number of hydrogen-bond acceptors (Lipinski definition) is 8. The van der Waals surface area contributed by atoms with Gasteiger partial charge in [0, 0.05) is 23.3 Å². The fourth-order valence-electron chi connectivity index (χ4n) is 2.66. The summed E-state index contributed by atoms with van der Waals surface area (Å²) < 4.78 is 6.76. The minimum Gasteiger partial charge on any atom is -0.334 e. The summed E-state index contributed by atoms with van der Waals surface area (Å²) in [6.45, 7) is 0.381. The van der Waals surface area contributed by atoms with Crippen LogP contribution in [0.15, 0.2) is 65.4 Å². The SMILES string of the molecule is O=[N+]([O-])c1ccc(-c2noc(-c3ccc(Cn4cc([N+](=O)[O-])cn4)cc3)n2)cc1. The molecule has 2 heterocycles. The zero-order valence-electron chi connectivity index (χ0n) is 14.7. The predicted octanol–water partition coefficient (Wildman–Crippen LogP) is 3.46. The van der Waals surface area contributed by atoms with Crippen molar-refractivity contribution in [2.75, 3.05) is 0 Å². The molecule has 4 aromatic rings. The summed E-state index contributed by atoms with van der Waals surface area (Å²) in [4.78, 5) is 24.8. The van der Waals surface area contributed by atoms with Crippen molar-refractivity contribution in [3.05, 3.63) is 86.7 Å². The highest BCUT2D eigenvalue weighted by Crippen LogP contribution is 2.24. The molecule has 11 heteroatoms. The van der Waals surface area contributed by atoms with Crippen LogP contribution in [0.1, 0.15) is 5.56 Å². The van der Waals surface area contributed by atoms with E-state index in [-0.39, 0.29) is 11.4 Å². The first kappa shape index (κ1) is 18.0. The maximum atomic E-state index is 10.7. The van der Waals surface area contributed by atoms with Crippen molar-refractivity contribution in [3.8, 4) is 22.8 Å². The molecule has 0 N–H and O–H groups in total. The Bertz CT molecular complexity index is 1180. The van der Waals surface area contributed by atoms with Crippen LogP contribution < -0.4 is 0 Å². The van der Waals surface area contributed by atoms with Crippen molar-refractivity contribution < 1.29 is 14.4 Å². The van der Waals surface area contributed by atoms with E-state index in [0.717, 1.165) is 5.56 Å². The fraction of sp³-hybridized carbons (Fsp3) is 0.0556. The van der Waals surface area contributed by atoms with E-state index in [2.05, 4.69) is 15.2 Å². The summed E-state index contributed by atoms with van der Waals surface area (Å²) >= 11 is 0. The van der Waals surface area contributed by atoms with Gasteiger partial charge in [-0.25, -0.2) is 0 Å². The summed E-state index contributed by atoms with van der Waals surface area (Å²) in [6.07, 6.45) is 2.56. The van der Waals surface area contributed by atoms with E-state index in [1.165, 1.54) is 29.2 Å². The van der Waals surface area contributed by atoms with Crippen molar-refractivity contribution in [2.45, 2.75) is 6.54 Å². The van der Waals surface area contributed by atoms with Crippen LogP contribution in [0.2, 0.25) is 0 Å². The van der Waals surface area contributed by atoms with E-state index in [9.17, 15) is 20.2 Å². The Labute approximate surface area is 162 Å². The van der Waals surface area contributed by atoms with Gasteiger partial charge in [-0.3, -0.25) is 24.9 Å².